The standard InChI is InChI=1S/C20H23N5O2/c26-13-19-23-17-6-5-15(9-18(17)24-19)20(27)22-16-4-2-8-25(12-16)11-14-3-1-7-21-10-14/h1,3,5-7,9-10,16,26H,2,4,8,11-13H2,(H,22,27)(H,23,24)/t16-/m1/s1. The molecule has 3 heterocycles. The van der Waals surface area contributed by atoms with E-state index in [1.807, 2.05) is 12.3 Å². The predicted molar refractivity (Wildman–Crippen MR) is 102 cm³/mol. The molecule has 0 aliphatic carbocycles. The normalized spacial score (nSPS) is 17.9. The highest BCUT2D eigenvalue weighted by molar-refractivity contribution is 5.97. The van der Waals surface area contributed by atoms with Gasteiger partial charge in [0.2, 0.25) is 0 Å². The Hall–Kier alpha value is -2.77. The predicted octanol–water partition coefficient (Wildman–Crippen LogP) is 1.84. The van der Waals surface area contributed by atoms with E-state index in [0.717, 1.165) is 43.5 Å². The maximum Gasteiger partial charge on any atom is 0.251 e. The second-order valence-corrected chi connectivity index (χ2v) is 6.98. The third-order valence-electron chi connectivity index (χ3n) is 4.91. The Balaban J connectivity index is 1.39. The first-order valence-corrected chi connectivity index (χ1v) is 9.23. The van der Waals surface area contributed by atoms with Crippen LogP contribution in [-0.2, 0) is 13.2 Å². The molecule has 140 valence electrons. The van der Waals surface area contributed by atoms with Crippen LogP contribution in [0.2, 0.25) is 0 Å². The minimum atomic E-state index is -0.148. The Bertz CT molecular complexity index is 925. The summed E-state index contributed by atoms with van der Waals surface area (Å²) in [4.78, 5) is 26.5. The van der Waals surface area contributed by atoms with Crippen LogP contribution in [0.3, 0.4) is 0 Å². The summed E-state index contributed by atoms with van der Waals surface area (Å²) in [7, 11) is 0. The van der Waals surface area contributed by atoms with Gasteiger partial charge in [-0.1, -0.05) is 6.07 Å². The molecule has 3 N–H and O–H groups in total. The van der Waals surface area contributed by atoms with Crippen molar-refractivity contribution in [3.8, 4) is 0 Å². The lowest BCUT2D eigenvalue weighted by Gasteiger charge is -2.33. The molecule has 3 aromatic rings. The molecule has 4 rings (SSSR count). The number of aliphatic hydroxyl groups is 1. The molecule has 7 heteroatoms. The number of aliphatic hydroxyl groups excluding tert-OH is 1. The number of benzene rings is 1. The molecule has 0 unspecified atom stereocenters. The highest BCUT2D eigenvalue weighted by Gasteiger charge is 2.22. The Morgan fingerprint density at radius 1 is 1.37 bits per heavy atom. The first-order chi connectivity index (χ1) is 13.2. The van der Waals surface area contributed by atoms with Gasteiger partial charge in [0.05, 0.1) is 11.0 Å². The number of aromatic amines is 1. The number of imidazole rings is 1. The Labute approximate surface area is 157 Å². The molecule has 0 bridgehead atoms. The number of hydrogen-bond donors (Lipinski definition) is 3. The van der Waals surface area contributed by atoms with Crippen LogP contribution in [0.1, 0.15) is 34.6 Å². The number of amides is 1. The van der Waals surface area contributed by atoms with Crippen LogP contribution in [0.4, 0.5) is 0 Å². The zero-order valence-electron chi connectivity index (χ0n) is 15.1. The largest absolute Gasteiger partial charge is 0.388 e. The number of carbonyl (C=O) groups is 1. The van der Waals surface area contributed by atoms with Gasteiger partial charge in [-0.25, -0.2) is 4.98 Å². The van der Waals surface area contributed by atoms with Crippen LogP contribution in [-0.4, -0.2) is 50.0 Å². The molecular formula is C20H23N5O2. The zero-order valence-corrected chi connectivity index (χ0v) is 15.1. The van der Waals surface area contributed by atoms with Gasteiger partial charge in [0.1, 0.15) is 12.4 Å². The van der Waals surface area contributed by atoms with E-state index in [1.54, 1.807) is 24.4 Å². The summed E-state index contributed by atoms with van der Waals surface area (Å²) >= 11 is 0. The van der Waals surface area contributed by atoms with Gasteiger partial charge in [0, 0.05) is 37.1 Å². The van der Waals surface area contributed by atoms with Crippen molar-refractivity contribution in [1.82, 2.24) is 25.2 Å². The molecule has 1 fully saturated rings. The smallest absolute Gasteiger partial charge is 0.251 e. The van der Waals surface area contributed by atoms with Gasteiger partial charge in [-0.15, -0.1) is 0 Å². The fourth-order valence-corrected chi connectivity index (χ4v) is 3.61. The quantitative estimate of drug-likeness (QED) is 0.641. The van der Waals surface area contributed by atoms with Gasteiger partial charge < -0.3 is 15.4 Å². The Morgan fingerprint density at radius 2 is 2.30 bits per heavy atom. The molecule has 1 atom stereocenters. The second kappa shape index (κ2) is 7.85. The number of H-pyrrole nitrogens is 1. The molecule has 27 heavy (non-hydrogen) atoms. The lowest BCUT2D eigenvalue weighted by molar-refractivity contribution is 0.0901. The maximum atomic E-state index is 12.7. The summed E-state index contributed by atoms with van der Waals surface area (Å²) in [5, 5.41) is 12.3. The highest BCUT2D eigenvalue weighted by atomic mass is 16.3. The molecule has 2 aromatic heterocycles. The van der Waals surface area contributed by atoms with Crippen molar-refractivity contribution in [2.75, 3.05) is 13.1 Å². The molecule has 7 nitrogen and oxygen atoms in total. The molecule has 1 aromatic carbocycles. The van der Waals surface area contributed by atoms with Gasteiger partial charge in [-0.3, -0.25) is 14.7 Å². The van der Waals surface area contributed by atoms with E-state index >= 15 is 0 Å². The van der Waals surface area contributed by atoms with Crippen LogP contribution in [0.5, 0.6) is 0 Å². The minimum Gasteiger partial charge on any atom is -0.388 e. The summed E-state index contributed by atoms with van der Waals surface area (Å²) < 4.78 is 0. The SMILES string of the molecule is O=C(N[C@@H]1CCCN(Cc2cccnc2)C1)c1ccc2nc(CO)[nH]c2c1. The van der Waals surface area contributed by atoms with Gasteiger partial charge in [-0.05, 0) is 49.2 Å². The van der Waals surface area contributed by atoms with Crippen molar-refractivity contribution in [2.24, 2.45) is 0 Å². The number of likely N-dealkylation sites (tertiary alicyclic amines) is 1. The number of nitrogens with one attached hydrogen (secondary N) is 2. The number of aromatic nitrogens is 3. The van der Waals surface area contributed by atoms with E-state index in [-0.39, 0.29) is 18.6 Å². The lowest BCUT2D eigenvalue weighted by atomic mass is 10.0. The molecule has 1 saturated heterocycles. The molecule has 1 aliphatic heterocycles. The van der Waals surface area contributed by atoms with E-state index in [9.17, 15) is 9.90 Å². The topological polar surface area (TPSA) is 94.1 Å². The Morgan fingerprint density at radius 3 is 3.11 bits per heavy atom. The van der Waals surface area contributed by atoms with Gasteiger partial charge >= 0.3 is 0 Å². The van der Waals surface area contributed by atoms with Crippen LogP contribution < -0.4 is 5.32 Å². The molecule has 0 radical (unpaired) electrons. The second-order valence-electron chi connectivity index (χ2n) is 6.98. The third-order valence-corrected chi connectivity index (χ3v) is 4.91. The first-order valence-electron chi connectivity index (χ1n) is 9.23. The van der Waals surface area contributed by atoms with Crippen molar-refractivity contribution >= 4 is 16.9 Å². The van der Waals surface area contributed by atoms with Crippen molar-refractivity contribution in [2.45, 2.75) is 32.0 Å². The number of rotatable bonds is 5. The van der Waals surface area contributed by atoms with Crippen molar-refractivity contribution in [3.63, 3.8) is 0 Å². The summed E-state index contributed by atoms with van der Waals surface area (Å²) in [5.74, 6) is 0.422. The summed E-state index contributed by atoms with van der Waals surface area (Å²) in [6.07, 6.45) is 5.71. The van der Waals surface area contributed by atoms with Crippen LogP contribution in [0.25, 0.3) is 11.0 Å². The van der Waals surface area contributed by atoms with Crippen LogP contribution >= 0.6 is 0 Å². The average molecular weight is 365 g/mol. The van der Waals surface area contributed by atoms with E-state index < -0.39 is 0 Å². The van der Waals surface area contributed by atoms with Crippen molar-refractivity contribution in [1.29, 1.82) is 0 Å². The highest BCUT2D eigenvalue weighted by Crippen LogP contribution is 2.16. The number of fused-ring (bicyclic) bond motifs is 1. The fourth-order valence-electron chi connectivity index (χ4n) is 3.61. The van der Waals surface area contributed by atoms with Crippen LogP contribution in [0.15, 0.2) is 42.7 Å². The van der Waals surface area contributed by atoms with Gasteiger partial charge in [-0.2, -0.15) is 0 Å². The van der Waals surface area contributed by atoms with Crippen LogP contribution in [0, 0.1) is 0 Å². The molecule has 0 spiro atoms. The zero-order chi connectivity index (χ0) is 18.6. The van der Waals surface area contributed by atoms with Gasteiger partial charge in [0.15, 0.2) is 0 Å². The number of carbonyl (C=O) groups excluding carboxylic acids is 1. The summed E-state index contributed by atoms with van der Waals surface area (Å²) in [6.45, 7) is 2.57. The summed E-state index contributed by atoms with van der Waals surface area (Å²) in [6, 6.07) is 9.52. The first kappa shape index (κ1) is 17.6. The van der Waals surface area contributed by atoms with E-state index in [2.05, 4.69) is 31.2 Å². The number of nitrogens with zero attached hydrogens (tertiary/aromatic N) is 3. The van der Waals surface area contributed by atoms with Crippen molar-refractivity contribution in [3.05, 3.63) is 59.7 Å². The average Bonchev–Trinajstić information content (AvgIpc) is 3.11. The molecule has 1 amide bonds. The molecule has 0 saturated carbocycles. The molecule has 1 aliphatic rings. The fraction of sp³-hybridized carbons (Fsp3) is 0.350. The third kappa shape index (κ3) is 4.15. The Kier molecular flexibility index (Phi) is 5.13. The maximum absolute atomic E-state index is 12.7. The number of piperidine rings is 1. The minimum absolute atomic E-state index is 0.0784. The monoisotopic (exact) mass is 365 g/mol. The van der Waals surface area contributed by atoms with Gasteiger partial charge in [0.25, 0.3) is 5.91 Å². The van der Waals surface area contributed by atoms with E-state index in [1.165, 1.54) is 5.56 Å². The van der Waals surface area contributed by atoms with E-state index in [4.69, 9.17) is 0 Å². The number of pyridine rings is 1. The van der Waals surface area contributed by atoms with E-state index in [0.29, 0.717) is 11.4 Å². The molecular weight excluding hydrogens is 342 g/mol. The van der Waals surface area contributed by atoms with Crippen molar-refractivity contribution < 1.29 is 9.90 Å². The number of hydrogen-bond acceptors (Lipinski definition) is 5. The lowest BCUT2D eigenvalue weighted by Crippen LogP contribution is -2.47. The summed E-state index contributed by atoms with van der Waals surface area (Å²) in [5.41, 5.74) is 3.29.